The molecule has 2 aliphatic rings. The van der Waals surface area contributed by atoms with Crippen LogP contribution in [0.4, 0.5) is 0 Å². The minimum Gasteiger partial charge on any atom is -0.375 e. The number of amides is 1. The van der Waals surface area contributed by atoms with Gasteiger partial charge in [0.05, 0.1) is 5.60 Å². The monoisotopic (exact) mass is 285 g/mol. The SMILES string of the molecule is O=C1CCC2(CCCO2)CCN1CC=Cc1ccccc1. The Labute approximate surface area is 126 Å². The first-order valence-corrected chi connectivity index (χ1v) is 7.91. The van der Waals surface area contributed by atoms with Gasteiger partial charge in [-0.3, -0.25) is 4.79 Å². The maximum absolute atomic E-state index is 12.2. The first kappa shape index (κ1) is 14.3. The summed E-state index contributed by atoms with van der Waals surface area (Å²) in [4.78, 5) is 14.2. The summed E-state index contributed by atoms with van der Waals surface area (Å²) >= 11 is 0. The number of carbonyl (C=O) groups excluding carboxylic acids is 1. The number of carbonyl (C=O) groups is 1. The van der Waals surface area contributed by atoms with Crippen LogP contribution in [0.25, 0.3) is 6.08 Å². The van der Waals surface area contributed by atoms with Gasteiger partial charge in [-0.2, -0.15) is 0 Å². The van der Waals surface area contributed by atoms with Crippen LogP contribution >= 0.6 is 0 Å². The van der Waals surface area contributed by atoms with E-state index < -0.39 is 0 Å². The molecular weight excluding hydrogens is 262 g/mol. The Morgan fingerprint density at radius 3 is 2.81 bits per heavy atom. The zero-order chi connectivity index (χ0) is 14.5. The lowest BCUT2D eigenvalue weighted by Gasteiger charge is -2.26. The fraction of sp³-hybridized carbons (Fsp3) is 0.500. The lowest BCUT2D eigenvalue weighted by Crippen LogP contribution is -2.32. The summed E-state index contributed by atoms with van der Waals surface area (Å²) in [7, 11) is 0. The van der Waals surface area contributed by atoms with E-state index in [0.29, 0.717) is 13.0 Å². The molecule has 2 heterocycles. The number of rotatable bonds is 3. The molecule has 0 bridgehead atoms. The smallest absolute Gasteiger partial charge is 0.222 e. The van der Waals surface area contributed by atoms with Crippen molar-refractivity contribution in [2.45, 2.75) is 37.7 Å². The topological polar surface area (TPSA) is 29.5 Å². The van der Waals surface area contributed by atoms with Crippen molar-refractivity contribution in [3.8, 4) is 0 Å². The first-order chi connectivity index (χ1) is 10.3. The molecule has 0 N–H and O–H groups in total. The van der Waals surface area contributed by atoms with E-state index in [-0.39, 0.29) is 11.5 Å². The van der Waals surface area contributed by atoms with Crippen LogP contribution in [0.3, 0.4) is 0 Å². The molecule has 0 aliphatic carbocycles. The van der Waals surface area contributed by atoms with Crippen LogP contribution in [-0.2, 0) is 9.53 Å². The molecule has 2 fully saturated rings. The highest BCUT2D eigenvalue weighted by Gasteiger charge is 2.38. The van der Waals surface area contributed by atoms with Crippen LogP contribution < -0.4 is 0 Å². The van der Waals surface area contributed by atoms with Gasteiger partial charge in [0, 0.05) is 26.1 Å². The Kier molecular flexibility index (Phi) is 4.39. The van der Waals surface area contributed by atoms with E-state index in [1.807, 2.05) is 23.1 Å². The second-order valence-corrected chi connectivity index (χ2v) is 6.04. The first-order valence-electron chi connectivity index (χ1n) is 7.91. The van der Waals surface area contributed by atoms with E-state index in [2.05, 4.69) is 24.3 Å². The van der Waals surface area contributed by atoms with Crippen LogP contribution in [0.1, 0.15) is 37.7 Å². The average Bonchev–Trinajstić information content (AvgIpc) is 2.92. The molecule has 2 aliphatic heterocycles. The highest BCUT2D eigenvalue weighted by molar-refractivity contribution is 5.77. The number of ether oxygens (including phenoxy) is 1. The van der Waals surface area contributed by atoms with Crippen LogP contribution in [0.15, 0.2) is 36.4 Å². The van der Waals surface area contributed by atoms with Crippen molar-refractivity contribution in [1.82, 2.24) is 4.90 Å². The van der Waals surface area contributed by atoms with E-state index in [9.17, 15) is 4.79 Å². The molecule has 1 spiro atoms. The standard InChI is InChI=1S/C18H23NO2/c20-17-9-11-18(10-5-15-21-18)12-14-19(17)13-4-8-16-6-2-1-3-7-16/h1-4,6-8H,5,9-15H2. The zero-order valence-corrected chi connectivity index (χ0v) is 12.5. The third-order valence-corrected chi connectivity index (χ3v) is 4.61. The fourth-order valence-electron chi connectivity index (χ4n) is 3.30. The van der Waals surface area contributed by atoms with Crippen molar-refractivity contribution < 1.29 is 9.53 Å². The molecule has 0 radical (unpaired) electrons. The number of hydrogen-bond acceptors (Lipinski definition) is 2. The predicted molar refractivity (Wildman–Crippen MR) is 83.8 cm³/mol. The maximum Gasteiger partial charge on any atom is 0.222 e. The highest BCUT2D eigenvalue weighted by Crippen LogP contribution is 2.35. The third kappa shape index (κ3) is 3.53. The van der Waals surface area contributed by atoms with Crippen LogP contribution in [0.5, 0.6) is 0 Å². The van der Waals surface area contributed by atoms with Crippen molar-refractivity contribution in [1.29, 1.82) is 0 Å². The molecule has 21 heavy (non-hydrogen) atoms. The van der Waals surface area contributed by atoms with Gasteiger partial charge in [-0.05, 0) is 31.2 Å². The molecule has 1 aromatic carbocycles. The molecule has 1 atom stereocenters. The van der Waals surface area contributed by atoms with Crippen molar-refractivity contribution in [2.24, 2.45) is 0 Å². The average molecular weight is 285 g/mol. The van der Waals surface area contributed by atoms with Gasteiger partial charge < -0.3 is 9.64 Å². The second-order valence-electron chi connectivity index (χ2n) is 6.04. The van der Waals surface area contributed by atoms with E-state index in [1.54, 1.807) is 0 Å². The Bertz CT molecular complexity index is 503. The van der Waals surface area contributed by atoms with E-state index in [4.69, 9.17) is 4.74 Å². The normalized spacial score (nSPS) is 26.7. The van der Waals surface area contributed by atoms with Crippen molar-refractivity contribution >= 4 is 12.0 Å². The minimum atomic E-state index is -0.00639. The van der Waals surface area contributed by atoms with Gasteiger partial charge >= 0.3 is 0 Å². The van der Waals surface area contributed by atoms with Crippen molar-refractivity contribution in [2.75, 3.05) is 19.7 Å². The maximum atomic E-state index is 12.2. The summed E-state index contributed by atoms with van der Waals surface area (Å²) < 4.78 is 5.93. The molecule has 3 rings (SSSR count). The lowest BCUT2D eigenvalue weighted by atomic mass is 9.92. The summed E-state index contributed by atoms with van der Waals surface area (Å²) in [6, 6.07) is 10.2. The molecule has 0 saturated carbocycles. The zero-order valence-electron chi connectivity index (χ0n) is 12.5. The third-order valence-electron chi connectivity index (χ3n) is 4.61. The molecule has 1 unspecified atom stereocenters. The minimum absolute atomic E-state index is 0.00639. The molecule has 3 nitrogen and oxygen atoms in total. The molecule has 2 saturated heterocycles. The molecule has 112 valence electrons. The molecule has 1 amide bonds. The van der Waals surface area contributed by atoms with Gasteiger partial charge in [0.1, 0.15) is 0 Å². The van der Waals surface area contributed by atoms with Crippen LogP contribution in [-0.4, -0.2) is 36.1 Å². The molecule has 1 aromatic rings. The molecular formula is C18H23NO2. The number of nitrogens with zero attached hydrogens (tertiary/aromatic N) is 1. The van der Waals surface area contributed by atoms with E-state index in [1.165, 1.54) is 5.56 Å². The predicted octanol–water partition coefficient (Wildman–Crippen LogP) is 3.26. The van der Waals surface area contributed by atoms with Gasteiger partial charge in [-0.25, -0.2) is 0 Å². The number of hydrogen-bond donors (Lipinski definition) is 0. The summed E-state index contributed by atoms with van der Waals surface area (Å²) in [6.45, 7) is 2.38. The Morgan fingerprint density at radius 2 is 2.05 bits per heavy atom. The second kappa shape index (κ2) is 6.44. The number of benzene rings is 1. The van der Waals surface area contributed by atoms with Crippen molar-refractivity contribution in [3.05, 3.63) is 42.0 Å². The van der Waals surface area contributed by atoms with Gasteiger partial charge in [-0.15, -0.1) is 0 Å². The van der Waals surface area contributed by atoms with Gasteiger partial charge in [0.15, 0.2) is 0 Å². The Morgan fingerprint density at radius 1 is 1.19 bits per heavy atom. The summed E-state index contributed by atoms with van der Waals surface area (Å²) in [6.07, 6.45) is 8.93. The van der Waals surface area contributed by atoms with Gasteiger partial charge in [-0.1, -0.05) is 42.5 Å². The fourth-order valence-corrected chi connectivity index (χ4v) is 3.30. The van der Waals surface area contributed by atoms with Gasteiger partial charge in [0.25, 0.3) is 0 Å². The largest absolute Gasteiger partial charge is 0.375 e. The highest BCUT2D eigenvalue weighted by atomic mass is 16.5. The van der Waals surface area contributed by atoms with E-state index >= 15 is 0 Å². The Hall–Kier alpha value is -1.61. The van der Waals surface area contributed by atoms with Crippen LogP contribution in [0, 0.1) is 0 Å². The number of likely N-dealkylation sites (tertiary alicyclic amines) is 1. The van der Waals surface area contributed by atoms with Crippen molar-refractivity contribution in [3.63, 3.8) is 0 Å². The van der Waals surface area contributed by atoms with Gasteiger partial charge in [0.2, 0.25) is 5.91 Å². The summed E-state index contributed by atoms with van der Waals surface area (Å²) in [5.41, 5.74) is 1.17. The van der Waals surface area contributed by atoms with E-state index in [0.717, 1.165) is 38.8 Å². The Balaban J connectivity index is 1.58. The quantitative estimate of drug-likeness (QED) is 0.853. The molecule has 0 aromatic heterocycles. The van der Waals surface area contributed by atoms with Crippen LogP contribution in [0.2, 0.25) is 0 Å². The summed E-state index contributed by atoms with van der Waals surface area (Å²) in [5, 5.41) is 0. The molecule has 3 heteroatoms. The summed E-state index contributed by atoms with van der Waals surface area (Å²) in [5.74, 6) is 0.264. The lowest BCUT2D eigenvalue weighted by molar-refractivity contribution is -0.130.